The highest BCUT2D eigenvalue weighted by Crippen LogP contribution is 2.36. The number of pyridine rings is 1. The van der Waals surface area contributed by atoms with Crippen LogP contribution in [0.5, 0.6) is 5.75 Å². The minimum absolute atomic E-state index is 0.148. The molecule has 132 valence electrons. The summed E-state index contributed by atoms with van der Waals surface area (Å²) in [5.74, 6) is 0.776. The van der Waals surface area contributed by atoms with Gasteiger partial charge in [-0.2, -0.15) is 0 Å². The third-order valence-corrected chi connectivity index (χ3v) is 4.94. The van der Waals surface area contributed by atoms with Crippen LogP contribution in [0.2, 0.25) is 5.02 Å². The molecule has 0 radical (unpaired) electrons. The van der Waals surface area contributed by atoms with Crippen LogP contribution in [0.1, 0.15) is 23.6 Å². The Morgan fingerprint density at radius 3 is 3.04 bits per heavy atom. The van der Waals surface area contributed by atoms with Crippen LogP contribution in [0, 0.1) is 6.92 Å². The molecule has 1 aromatic heterocycles. The Kier molecular flexibility index (Phi) is 4.39. The van der Waals surface area contributed by atoms with Crippen LogP contribution in [-0.2, 0) is 0 Å². The number of carbonyl (C=O) groups excluding carboxylic acids is 1. The van der Waals surface area contributed by atoms with Gasteiger partial charge < -0.3 is 15.4 Å². The summed E-state index contributed by atoms with van der Waals surface area (Å²) in [4.78, 5) is 16.9. The van der Waals surface area contributed by atoms with Crippen molar-refractivity contribution in [3.63, 3.8) is 0 Å². The number of hydrogen-bond donors (Lipinski definition) is 2. The lowest BCUT2D eigenvalue weighted by atomic mass is 9.99. The zero-order valence-electron chi connectivity index (χ0n) is 14.3. The van der Waals surface area contributed by atoms with E-state index in [0.29, 0.717) is 18.1 Å². The molecule has 0 spiro atoms. The van der Waals surface area contributed by atoms with Crippen molar-refractivity contribution in [3.8, 4) is 5.75 Å². The van der Waals surface area contributed by atoms with Crippen LogP contribution < -0.4 is 15.4 Å². The van der Waals surface area contributed by atoms with Crippen molar-refractivity contribution in [1.82, 2.24) is 10.3 Å². The highest BCUT2D eigenvalue weighted by Gasteiger charge is 2.24. The van der Waals surface area contributed by atoms with Gasteiger partial charge in [0.2, 0.25) is 0 Å². The first-order valence-electron chi connectivity index (χ1n) is 8.46. The number of fused-ring (bicyclic) bond motifs is 2. The Labute approximate surface area is 156 Å². The van der Waals surface area contributed by atoms with Crippen molar-refractivity contribution >= 4 is 34.2 Å². The van der Waals surface area contributed by atoms with Crippen LogP contribution in [-0.4, -0.2) is 17.6 Å². The van der Waals surface area contributed by atoms with Gasteiger partial charge >= 0.3 is 6.03 Å². The zero-order chi connectivity index (χ0) is 18.1. The van der Waals surface area contributed by atoms with E-state index in [1.165, 1.54) is 0 Å². The van der Waals surface area contributed by atoms with E-state index in [-0.39, 0.29) is 12.1 Å². The number of aromatic nitrogens is 1. The molecule has 0 saturated heterocycles. The number of hydrogen-bond acceptors (Lipinski definition) is 3. The number of aryl methyl sites for hydroxylation is 1. The Bertz CT molecular complexity index is 985. The molecular formula is C20H18ClN3O2. The minimum atomic E-state index is -0.268. The third-order valence-electron chi connectivity index (χ3n) is 4.53. The molecule has 2 amide bonds. The first-order valence-corrected chi connectivity index (χ1v) is 8.84. The second-order valence-corrected chi connectivity index (χ2v) is 6.71. The standard InChI is InChI=1S/C20H18ClN3O2/c1-12-10-19-14(11-15(12)21)18(7-9-26-19)24-20(25)23-17-6-2-5-16-13(17)4-3-8-22-16/h2-6,8,10-11,18H,7,9H2,1H3,(H2,23,24,25). The minimum Gasteiger partial charge on any atom is -0.493 e. The second-order valence-electron chi connectivity index (χ2n) is 6.30. The summed E-state index contributed by atoms with van der Waals surface area (Å²) >= 11 is 6.25. The van der Waals surface area contributed by atoms with Gasteiger partial charge in [0.15, 0.2) is 0 Å². The summed E-state index contributed by atoms with van der Waals surface area (Å²) in [6, 6.07) is 12.8. The molecule has 0 saturated carbocycles. The molecule has 5 nitrogen and oxygen atoms in total. The molecule has 1 aliphatic heterocycles. The van der Waals surface area contributed by atoms with Gasteiger partial charge in [-0.3, -0.25) is 4.98 Å². The van der Waals surface area contributed by atoms with Crippen LogP contribution in [0.15, 0.2) is 48.7 Å². The summed E-state index contributed by atoms with van der Waals surface area (Å²) in [5, 5.41) is 7.52. The average molecular weight is 368 g/mol. The zero-order valence-corrected chi connectivity index (χ0v) is 15.0. The van der Waals surface area contributed by atoms with E-state index in [0.717, 1.165) is 33.5 Å². The van der Waals surface area contributed by atoms with Gasteiger partial charge in [-0.1, -0.05) is 17.7 Å². The van der Waals surface area contributed by atoms with Gasteiger partial charge in [0.25, 0.3) is 0 Å². The number of nitrogens with zero attached hydrogens (tertiary/aromatic N) is 1. The summed E-state index contributed by atoms with van der Waals surface area (Å²) < 4.78 is 5.71. The second kappa shape index (κ2) is 6.84. The summed E-state index contributed by atoms with van der Waals surface area (Å²) in [6.07, 6.45) is 2.42. The van der Waals surface area contributed by atoms with E-state index in [2.05, 4.69) is 15.6 Å². The predicted molar refractivity (Wildman–Crippen MR) is 103 cm³/mol. The van der Waals surface area contributed by atoms with Crippen molar-refractivity contribution in [2.75, 3.05) is 11.9 Å². The summed E-state index contributed by atoms with van der Waals surface area (Å²) in [5.41, 5.74) is 3.42. The maximum Gasteiger partial charge on any atom is 0.319 e. The summed E-state index contributed by atoms with van der Waals surface area (Å²) in [6.45, 7) is 2.49. The quantitative estimate of drug-likeness (QED) is 0.681. The SMILES string of the molecule is Cc1cc2c(cc1Cl)C(NC(=O)Nc1cccc3ncccc13)CCO2. The van der Waals surface area contributed by atoms with Crippen molar-refractivity contribution in [2.24, 2.45) is 0 Å². The first-order chi connectivity index (χ1) is 12.6. The number of nitrogens with one attached hydrogen (secondary N) is 2. The average Bonchev–Trinajstić information content (AvgIpc) is 2.64. The molecule has 1 unspecified atom stereocenters. The highest BCUT2D eigenvalue weighted by molar-refractivity contribution is 6.31. The first kappa shape index (κ1) is 16.7. The fourth-order valence-corrected chi connectivity index (χ4v) is 3.36. The Balaban J connectivity index is 1.55. The van der Waals surface area contributed by atoms with Crippen molar-refractivity contribution < 1.29 is 9.53 Å². The van der Waals surface area contributed by atoms with Crippen LogP contribution in [0.3, 0.4) is 0 Å². The summed E-state index contributed by atoms with van der Waals surface area (Å²) in [7, 11) is 0. The largest absolute Gasteiger partial charge is 0.493 e. The Morgan fingerprint density at radius 2 is 2.15 bits per heavy atom. The maximum absolute atomic E-state index is 12.6. The normalized spacial score (nSPS) is 15.8. The fourth-order valence-electron chi connectivity index (χ4n) is 3.19. The topological polar surface area (TPSA) is 63.2 Å². The number of carbonyl (C=O) groups is 1. The van der Waals surface area contributed by atoms with E-state index < -0.39 is 0 Å². The third kappa shape index (κ3) is 3.18. The highest BCUT2D eigenvalue weighted by atomic mass is 35.5. The molecule has 3 aromatic rings. The number of ether oxygens (including phenoxy) is 1. The molecular weight excluding hydrogens is 350 g/mol. The number of amides is 2. The smallest absolute Gasteiger partial charge is 0.319 e. The van der Waals surface area contributed by atoms with Gasteiger partial charge in [0.05, 0.1) is 23.9 Å². The van der Waals surface area contributed by atoms with Crippen molar-refractivity contribution in [1.29, 1.82) is 0 Å². The van der Waals surface area contributed by atoms with Gasteiger partial charge in [-0.05, 0) is 48.9 Å². The molecule has 2 aromatic carbocycles. The number of urea groups is 1. The fraction of sp³-hybridized carbons (Fsp3) is 0.200. The number of halogens is 1. The van der Waals surface area contributed by atoms with E-state index in [9.17, 15) is 4.79 Å². The molecule has 2 heterocycles. The molecule has 2 N–H and O–H groups in total. The number of anilines is 1. The lowest BCUT2D eigenvalue weighted by Crippen LogP contribution is -2.35. The van der Waals surface area contributed by atoms with E-state index in [4.69, 9.17) is 16.3 Å². The van der Waals surface area contributed by atoms with Crippen molar-refractivity contribution in [3.05, 3.63) is 64.8 Å². The van der Waals surface area contributed by atoms with Crippen LogP contribution >= 0.6 is 11.6 Å². The van der Waals surface area contributed by atoms with Gasteiger partial charge in [0, 0.05) is 28.6 Å². The van der Waals surface area contributed by atoms with E-state index in [1.54, 1.807) is 6.20 Å². The predicted octanol–water partition coefficient (Wildman–Crippen LogP) is 4.84. The van der Waals surface area contributed by atoms with Crippen molar-refractivity contribution in [2.45, 2.75) is 19.4 Å². The molecule has 1 aliphatic rings. The lowest BCUT2D eigenvalue weighted by molar-refractivity contribution is 0.232. The van der Waals surface area contributed by atoms with Crippen LogP contribution in [0.4, 0.5) is 10.5 Å². The Morgan fingerprint density at radius 1 is 1.27 bits per heavy atom. The molecule has 0 fully saturated rings. The molecule has 0 bridgehead atoms. The monoisotopic (exact) mass is 367 g/mol. The number of rotatable bonds is 2. The molecule has 1 atom stereocenters. The molecule has 26 heavy (non-hydrogen) atoms. The molecule has 4 rings (SSSR count). The number of benzene rings is 2. The van der Waals surface area contributed by atoms with Gasteiger partial charge in [0.1, 0.15) is 5.75 Å². The van der Waals surface area contributed by atoms with E-state index >= 15 is 0 Å². The maximum atomic E-state index is 12.6. The van der Waals surface area contributed by atoms with E-state index in [1.807, 2.05) is 49.4 Å². The van der Waals surface area contributed by atoms with Crippen LogP contribution in [0.25, 0.3) is 10.9 Å². The van der Waals surface area contributed by atoms with Gasteiger partial charge in [-0.25, -0.2) is 4.79 Å². The molecule has 6 heteroatoms. The van der Waals surface area contributed by atoms with Gasteiger partial charge in [-0.15, -0.1) is 0 Å². The Hall–Kier alpha value is -2.79. The molecule has 0 aliphatic carbocycles. The lowest BCUT2D eigenvalue weighted by Gasteiger charge is -2.27.